The van der Waals surface area contributed by atoms with E-state index in [1.54, 1.807) is 24.4 Å². The Morgan fingerprint density at radius 3 is 2.66 bits per heavy atom. The zero-order valence-electron chi connectivity index (χ0n) is 19.2. The van der Waals surface area contributed by atoms with Crippen LogP contribution in [0, 0.1) is 0 Å². The number of anilines is 1. The van der Waals surface area contributed by atoms with Gasteiger partial charge in [-0.1, -0.05) is 12.1 Å². The van der Waals surface area contributed by atoms with Crippen molar-refractivity contribution in [2.24, 2.45) is 5.73 Å². The molecule has 0 unspecified atom stereocenters. The number of primary amides is 1. The maximum atomic E-state index is 12.6. The van der Waals surface area contributed by atoms with Gasteiger partial charge in [0.1, 0.15) is 6.10 Å². The smallest absolute Gasteiger partial charge is 0.248 e. The standard InChI is InChI=1S/C23H32N6O3/c1-5-29(6-2)20(30)15-28-10-11-32-19(14-28)21-18(13-25-23(26-21)27(3)4)16-8-7-9-17(12-16)22(24)31/h7-9,12-13,19H,5-6,10-11,14-15H2,1-4H3,(H2,24,31)/t19-/m1/s1. The first-order valence-electron chi connectivity index (χ1n) is 10.9. The molecule has 1 aliphatic heterocycles. The van der Waals surface area contributed by atoms with Crippen LogP contribution in [0.5, 0.6) is 0 Å². The van der Waals surface area contributed by atoms with Gasteiger partial charge in [-0.15, -0.1) is 0 Å². The second-order valence-corrected chi connectivity index (χ2v) is 7.97. The lowest BCUT2D eigenvalue weighted by Crippen LogP contribution is -2.45. The fourth-order valence-electron chi connectivity index (χ4n) is 3.79. The number of likely N-dealkylation sites (N-methyl/N-ethyl adjacent to an activating group) is 1. The van der Waals surface area contributed by atoms with Crippen LogP contribution >= 0.6 is 0 Å². The summed E-state index contributed by atoms with van der Waals surface area (Å²) < 4.78 is 6.10. The molecule has 1 aromatic carbocycles. The number of carbonyl (C=O) groups is 2. The predicted octanol–water partition coefficient (Wildman–Crippen LogP) is 1.55. The van der Waals surface area contributed by atoms with Crippen molar-refractivity contribution in [2.45, 2.75) is 20.0 Å². The van der Waals surface area contributed by atoms with Crippen LogP contribution in [-0.4, -0.2) is 85.0 Å². The van der Waals surface area contributed by atoms with Gasteiger partial charge in [0.25, 0.3) is 0 Å². The Kier molecular flexibility index (Phi) is 7.76. The molecule has 2 aromatic rings. The molecule has 2 heterocycles. The molecule has 3 rings (SSSR count). The molecule has 0 aliphatic carbocycles. The summed E-state index contributed by atoms with van der Waals surface area (Å²) in [5.74, 6) is 0.186. The highest BCUT2D eigenvalue weighted by Crippen LogP contribution is 2.32. The van der Waals surface area contributed by atoms with Gasteiger partial charge in [0.15, 0.2) is 0 Å². The number of hydrogen-bond acceptors (Lipinski definition) is 7. The Labute approximate surface area is 189 Å². The van der Waals surface area contributed by atoms with E-state index in [-0.39, 0.29) is 12.0 Å². The molecule has 0 spiro atoms. The van der Waals surface area contributed by atoms with E-state index in [1.807, 2.05) is 43.8 Å². The number of ether oxygens (including phenoxy) is 1. The van der Waals surface area contributed by atoms with Crippen molar-refractivity contribution >= 4 is 17.8 Å². The third kappa shape index (κ3) is 5.41. The van der Waals surface area contributed by atoms with Crippen LogP contribution in [0.25, 0.3) is 11.1 Å². The van der Waals surface area contributed by atoms with Crippen LogP contribution in [-0.2, 0) is 9.53 Å². The van der Waals surface area contributed by atoms with Crippen LogP contribution in [0.1, 0.15) is 36.0 Å². The molecule has 2 N–H and O–H groups in total. The van der Waals surface area contributed by atoms with Crippen molar-refractivity contribution < 1.29 is 14.3 Å². The molecule has 0 saturated carbocycles. The van der Waals surface area contributed by atoms with Gasteiger partial charge in [-0.3, -0.25) is 14.5 Å². The third-order valence-electron chi connectivity index (χ3n) is 5.59. The van der Waals surface area contributed by atoms with E-state index in [2.05, 4.69) is 9.88 Å². The van der Waals surface area contributed by atoms with Crippen molar-refractivity contribution in [3.05, 3.63) is 41.7 Å². The summed E-state index contributed by atoms with van der Waals surface area (Å²) in [6, 6.07) is 7.10. The molecule has 1 fully saturated rings. The highest BCUT2D eigenvalue weighted by molar-refractivity contribution is 5.94. The van der Waals surface area contributed by atoms with Gasteiger partial charge in [0.2, 0.25) is 17.8 Å². The Morgan fingerprint density at radius 2 is 2.00 bits per heavy atom. The highest BCUT2D eigenvalue weighted by Gasteiger charge is 2.28. The molecule has 0 bridgehead atoms. The number of aromatic nitrogens is 2. The maximum Gasteiger partial charge on any atom is 0.248 e. The average Bonchev–Trinajstić information content (AvgIpc) is 2.79. The average molecular weight is 441 g/mol. The summed E-state index contributed by atoms with van der Waals surface area (Å²) in [4.78, 5) is 39.3. The molecule has 1 atom stereocenters. The second-order valence-electron chi connectivity index (χ2n) is 7.97. The molecule has 1 saturated heterocycles. The normalized spacial score (nSPS) is 16.6. The number of rotatable bonds is 8. The molecule has 1 aromatic heterocycles. The Hall–Kier alpha value is -3.04. The number of morpholine rings is 1. The summed E-state index contributed by atoms with van der Waals surface area (Å²) in [5, 5.41) is 0. The third-order valence-corrected chi connectivity index (χ3v) is 5.59. The summed E-state index contributed by atoms with van der Waals surface area (Å²) >= 11 is 0. The number of benzene rings is 1. The first-order valence-corrected chi connectivity index (χ1v) is 10.9. The predicted molar refractivity (Wildman–Crippen MR) is 123 cm³/mol. The number of hydrogen-bond donors (Lipinski definition) is 1. The Morgan fingerprint density at radius 1 is 1.25 bits per heavy atom. The summed E-state index contributed by atoms with van der Waals surface area (Å²) in [6.07, 6.45) is 1.42. The van der Waals surface area contributed by atoms with Gasteiger partial charge >= 0.3 is 0 Å². The Bertz CT molecular complexity index is 960. The lowest BCUT2D eigenvalue weighted by molar-refractivity contribution is -0.134. The molecular weight excluding hydrogens is 408 g/mol. The molecule has 0 radical (unpaired) electrons. The second kappa shape index (κ2) is 10.5. The minimum atomic E-state index is -0.491. The first kappa shape index (κ1) is 23.6. The van der Waals surface area contributed by atoms with Gasteiger partial charge in [-0.05, 0) is 31.5 Å². The molecular formula is C23H32N6O3. The summed E-state index contributed by atoms with van der Waals surface area (Å²) in [6.45, 7) is 7.43. The van der Waals surface area contributed by atoms with Gasteiger partial charge in [0.05, 0.1) is 18.8 Å². The van der Waals surface area contributed by atoms with Gasteiger partial charge < -0.3 is 20.3 Å². The topological polar surface area (TPSA) is 105 Å². The monoisotopic (exact) mass is 440 g/mol. The van der Waals surface area contributed by atoms with Crippen molar-refractivity contribution in [3.8, 4) is 11.1 Å². The van der Waals surface area contributed by atoms with Crippen LogP contribution in [0.2, 0.25) is 0 Å². The van der Waals surface area contributed by atoms with Crippen LogP contribution in [0.15, 0.2) is 30.5 Å². The molecule has 172 valence electrons. The molecule has 9 nitrogen and oxygen atoms in total. The van der Waals surface area contributed by atoms with E-state index in [4.69, 9.17) is 15.5 Å². The van der Waals surface area contributed by atoms with E-state index in [0.717, 1.165) is 16.8 Å². The van der Waals surface area contributed by atoms with Crippen molar-refractivity contribution in [3.63, 3.8) is 0 Å². The highest BCUT2D eigenvalue weighted by atomic mass is 16.5. The summed E-state index contributed by atoms with van der Waals surface area (Å²) in [7, 11) is 3.76. The van der Waals surface area contributed by atoms with E-state index >= 15 is 0 Å². The van der Waals surface area contributed by atoms with Crippen molar-refractivity contribution in [1.29, 1.82) is 0 Å². The molecule has 9 heteroatoms. The minimum absolute atomic E-state index is 0.113. The maximum absolute atomic E-state index is 12.6. The first-order chi connectivity index (χ1) is 15.3. The van der Waals surface area contributed by atoms with Crippen LogP contribution in [0.3, 0.4) is 0 Å². The zero-order chi connectivity index (χ0) is 23.3. The number of carbonyl (C=O) groups excluding carboxylic acids is 2. The quantitative estimate of drug-likeness (QED) is 0.664. The number of nitrogens with zero attached hydrogens (tertiary/aromatic N) is 5. The minimum Gasteiger partial charge on any atom is -0.369 e. The summed E-state index contributed by atoms with van der Waals surface area (Å²) in [5.41, 5.74) is 8.19. The SMILES string of the molecule is CCN(CC)C(=O)CN1CCO[C@@H](c2nc(N(C)C)ncc2-c2cccc(C(N)=O)c2)C1. The van der Waals surface area contributed by atoms with Crippen molar-refractivity contribution in [1.82, 2.24) is 19.8 Å². The van der Waals surface area contributed by atoms with Crippen LogP contribution in [0.4, 0.5) is 5.95 Å². The van der Waals surface area contributed by atoms with E-state index in [9.17, 15) is 9.59 Å². The zero-order valence-corrected chi connectivity index (χ0v) is 19.2. The van der Waals surface area contributed by atoms with Gasteiger partial charge in [-0.2, -0.15) is 0 Å². The largest absolute Gasteiger partial charge is 0.369 e. The van der Waals surface area contributed by atoms with Gasteiger partial charge in [0, 0.05) is 57.6 Å². The van der Waals surface area contributed by atoms with Gasteiger partial charge in [-0.25, -0.2) is 9.97 Å². The van der Waals surface area contributed by atoms with E-state index < -0.39 is 5.91 Å². The molecule has 1 aliphatic rings. The fraction of sp³-hybridized carbons (Fsp3) is 0.478. The van der Waals surface area contributed by atoms with E-state index in [0.29, 0.717) is 50.8 Å². The van der Waals surface area contributed by atoms with Crippen LogP contribution < -0.4 is 10.6 Å². The Balaban J connectivity index is 1.93. The number of nitrogens with two attached hydrogens (primary N) is 1. The lowest BCUT2D eigenvalue weighted by atomic mass is 9.99. The fourth-order valence-corrected chi connectivity index (χ4v) is 3.79. The molecule has 2 amide bonds. The van der Waals surface area contributed by atoms with E-state index in [1.165, 1.54) is 0 Å². The number of amides is 2. The lowest BCUT2D eigenvalue weighted by Gasteiger charge is -2.34. The molecule has 32 heavy (non-hydrogen) atoms. The van der Waals surface area contributed by atoms with Crippen molar-refractivity contribution in [2.75, 3.05) is 58.3 Å².